The molecule has 1 heterocycles. The second-order valence-corrected chi connectivity index (χ2v) is 5.29. The van der Waals surface area contributed by atoms with Crippen LogP contribution in [0.3, 0.4) is 0 Å². The monoisotopic (exact) mass is 242 g/mol. The fourth-order valence-corrected chi connectivity index (χ4v) is 2.72. The van der Waals surface area contributed by atoms with Crippen molar-refractivity contribution in [2.75, 3.05) is 19.7 Å². The molecule has 1 fully saturated rings. The summed E-state index contributed by atoms with van der Waals surface area (Å²) in [6.07, 6.45) is 6.68. The molecule has 0 spiro atoms. The molecule has 102 valence electrons. The molecule has 0 aromatic rings. The molecule has 0 amide bonds. The van der Waals surface area contributed by atoms with Crippen molar-refractivity contribution in [2.45, 2.75) is 71.1 Å². The van der Waals surface area contributed by atoms with Crippen molar-refractivity contribution >= 4 is 0 Å². The Morgan fingerprint density at radius 1 is 1.35 bits per heavy atom. The van der Waals surface area contributed by atoms with E-state index in [1.165, 1.54) is 25.7 Å². The van der Waals surface area contributed by atoms with Crippen molar-refractivity contribution in [3.63, 3.8) is 0 Å². The average molecular weight is 242 g/mol. The normalized spacial score (nSPS) is 28.2. The molecule has 0 aromatic carbocycles. The van der Waals surface area contributed by atoms with Crippen LogP contribution in [0.5, 0.6) is 0 Å². The van der Waals surface area contributed by atoms with Gasteiger partial charge in [0.1, 0.15) is 0 Å². The zero-order chi connectivity index (χ0) is 12.7. The van der Waals surface area contributed by atoms with Crippen molar-refractivity contribution in [3.05, 3.63) is 0 Å². The first-order valence-electron chi connectivity index (χ1n) is 7.30. The van der Waals surface area contributed by atoms with Crippen LogP contribution in [0, 0.1) is 0 Å². The molecule has 3 unspecified atom stereocenters. The molecule has 1 aliphatic rings. The Hall–Kier alpha value is -0.120. The third-order valence-corrected chi connectivity index (χ3v) is 3.86. The zero-order valence-electron chi connectivity index (χ0n) is 11.8. The number of nitrogens with two attached hydrogens (primary N) is 1. The van der Waals surface area contributed by atoms with Crippen LogP contribution in [0.1, 0.15) is 52.9 Å². The molecule has 3 heteroatoms. The molecule has 1 rings (SSSR count). The minimum Gasteiger partial charge on any atom is -0.376 e. The highest BCUT2D eigenvalue weighted by molar-refractivity contribution is 4.84. The van der Waals surface area contributed by atoms with Crippen molar-refractivity contribution in [1.82, 2.24) is 4.90 Å². The summed E-state index contributed by atoms with van der Waals surface area (Å²) in [4.78, 5) is 2.60. The molecule has 0 aliphatic carbocycles. The van der Waals surface area contributed by atoms with Gasteiger partial charge in [-0.2, -0.15) is 0 Å². The summed E-state index contributed by atoms with van der Waals surface area (Å²) >= 11 is 0. The van der Waals surface area contributed by atoms with Gasteiger partial charge in [-0.15, -0.1) is 0 Å². The van der Waals surface area contributed by atoms with Crippen LogP contribution in [-0.4, -0.2) is 42.8 Å². The Balaban J connectivity index is 2.50. The maximum Gasteiger partial charge on any atom is 0.0674 e. The lowest BCUT2D eigenvalue weighted by Crippen LogP contribution is -2.55. The van der Waals surface area contributed by atoms with Crippen LogP contribution in [0.4, 0.5) is 0 Å². The zero-order valence-corrected chi connectivity index (χ0v) is 11.8. The maximum atomic E-state index is 5.97. The van der Waals surface area contributed by atoms with Gasteiger partial charge in [-0.3, -0.25) is 4.90 Å². The minimum absolute atomic E-state index is 0.359. The van der Waals surface area contributed by atoms with E-state index in [-0.39, 0.29) is 0 Å². The third-order valence-electron chi connectivity index (χ3n) is 3.86. The molecular weight excluding hydrogens is 212 g/mol. The predicted octanol–water partition coefficient (Wildman–Crippen LogP) is 2.39. The topological polar surface area (TPSA) is 38.5 Å². The Kier molecular flexibility index (Phi) is 7.09. The SMILES string of the molecule is CCCCCC(CN)N1CC(C)OCC1CC. The fourth-order valence-electron chi connectivity index (χ4n) is 2.72. The van der Waals surface area contributed by atoms with E-state index in [1.54, 1.807) is 0 Å². The van der Waals surface area contributed by atoms with E-state index in [0.717, 1.165) is 26.1 Å². The molecule has 0 bridgehead atoms. The van der Waals surface area contributed by atoms with Crippen LogP contribution >= 0.6 is 0 Å². The minimum atomic E-state index is 0.359. The summed E-state index contributed by atoms with van der Waals surface area (Å²) in [5, 5.41) is 0. The molecule has 3 nitrogen and oxygen atoms in total. The standard InChI is InChI=1S/C14H30N2O/c1-4-6-7-8-14(9-15)16-10-12(3)17-11-13(16)5-2/h12-14H,4-11,15H2,1-3H3. The number of nitrogens with zero attached hydrogens (tertiary/aromatic N) is 1. The fraction of sp³-hybridized carbons (Fsp3) is 1.00. The van der Waals surface area contributed by atoms with Gasteiger partial charge in [0.05, 0.1) is 12.7 Å². The van der Waals surface area contributed by atoms with Crippen molar-refractivity contribution < 1.29 is 4.74 Å². The Labute approximate surface area is 107 Å². The smallest absolute Gasteiger partial charge is 0.0674 e. The molecule has 1 saturated heterocycles. The highest BCUT2D eigenvalue weighted by atomic mass is 16.5. The Morgan fingerprint density at radius 2 is 2.12 bits per heavy atom. The number of rotatable bonds is 7. The van der Waals surface area contributed by atoms with Gasteiger partial charge in [-0.1, -0.05) is 33.1 Å². The highest BCUT2D eigenvalue weighted by Crippen LogP contribution is 2.20. The summed E-state index contributed by atoms with van der Waals surface area (Å²) in [7, 11) is 0. The quantitative estimate of drug-likeness (QED) is 0.697. The van der Waals surface area contributed by atoms with E-state index in [0.29, 0.717) is 18.2 Å². The van der Waals surface area contributed by atoms with Crippen LogP contribution in [-0.2, 0) is 4.74 Å². The van der Waals surface area contributed by atoms with Gasteiger partial charge in [0.15, 0.2) is 0 Å². The molecule has 0 saturated carbocycles. The lowest BCUT2D eigenvalue weighted by atomic mass is 10.0. The molecule has 0 radical (unpaired) electrons. The van der Waals surface area contributed by atoms with Crippen LogP contribution in [0.15, 0.2) is 0 Å². The highest BCUT2D eigenvalue weighted by Gasteiger charge is 2.30. The first-order chi connectivity index (χ1) is 8.22. The molecular formula is C14H30N2O. The van der Waals surface area contributed by atoms with Crippen molar-refractivity contribution in [3.8, 4) is 0 Å². The molecule has 0 aromatic heterocycles. The van der Waals surface area contributed by atoms with Gasteiger partial charge < -0.3 is 10.5 Å². The first kappa shape index (κ1) is 14.9. The number of morpholine rings is 1. The van der Waals surface area contributed by atoms with Crippen LogP contribution in [0.2, 0.25) is 0 Å². The second-order valence-electron chi connectivity index (χ2n) is 5.29. The largest absolute Gasteiger partial charge is 0.376 e. The van der Waals surface area contributed by atoms with E-state index < -0.39 is 0 Å². The lowest BCUT2D eigenvalue weighted by molar-refractivity contribution is -0.0724. The van der Waals surface area contributed by atoms with Gasteiger partial charge in [0.2, 0.25) is 0 Å². The number of hydrogen-bond donors (Lipinski definition) is 1. The second kappa shape index (κ2) is 8.06. The van der Waals surface area contributed by atoms with Gasteiger partial charge in [0, 0.05) is 25.2 Å². The van der Waals surface area contributed by atoms with Gasteiger partial charge >= 0.3 is 0 Å². The average Bonchev–Trinajstić information content (AvgIpc) is 2.35. The van der Waals surface area contributed by atoms with E-state index in [1.807, 2.05) is 0 Å². The molecule has 17 heavy (non-hydrogen) atoms. The van der Waals surface area contributed by atoms with Crippen LogP contribution < -0.4 is 5.73 Å². The van der Waals surface area contributed by atoms with Crippen LogP contribution in [0.25, 0.3) is 0 Å². The lowest BCUT2D eigenvalue weighted by Gasteiger charge is -2.43. The number of ether oxygens (including phenoxy) is 1. The van der Waals surface area contributed by atoms with Crippen molar-refractivity contribution in [1.29, 1.82) is 0 Å². The van der Waals surface area contributed by atoms with Gasteiger partial charge in [-0.25, -0.2) is 0 Å². The molecule has 3 atom stereocenters. The van der Waals surface area contributed by atoms with Crippen molar-refractivity contribution in [2.24, 2.45) is 5.73 Å². The summed E-state index contributed by atoms with van der Waals surface area (Å²) in [5.41, 5.74) is 5.97. The van der Waals surface area contributed by atoms with E-state index in [4.69, 9.17) is 10.5 Å². The third kappa shape index (κ3) is 4.57. The number of hydrogen-bond acceptors (Lipinski definition) is 3. The van der Waals surface area contributed by atoms with Gasteiger partial charge in [0.25, 0.3) is 0 Å². The molecule has 2 N–H and O–H groups in total. The van der Waals surface area contributed by atoms with E-state index in [2.05, 4.69) is 25.7 Å². The molecule has 1 aliphatic heterocycles. The first-order valence-corrected chi connectivity index (χ1v) is 7.30. The Bertz CT molecular complexity index is 199. The van der Waals surface area contributed by atoms with E-state index >= 15 is 0 Å². The maximum absolute atomic E-state index is 5.97. The summed E-state index contributed by atoms with van der Waals surface area (Å²) in [5.74, 6) is 0. The Morgan fingerprint density at radius 3 is 2.71 bits per heavy atom. The summed E-state index contributed by atoms with van der Waals surface area (Å²) in [6, 6.07) is 1.12. The summed E-state index contributed by atoms with van der Waals surface area (Å²) in [6.45, 7) is 9.37. The van der Waals surface area contributed by atoms with Gasteiger partial charge in [-0.05, 0) is 19.8 Å². The summed E-state index contributed by atoms with van der Waals surface area (Å²) < 4.78 is 5.75. The predicted molar refractivity (Wildman–Crippen MR) is 73.2 cm³/mol. The van der Waals surface area contributed by atoms with E-state index in [9.17, 15) is 0 Å². The number of unbranched alkanes of at least 4 members (excludes halogenated alkanes) is 2.